The van der Waals surface area contributed by atoms with E-state index in [0.29, 0.717) is 35.7 Å². The lowest BCUT2D eigenvalue weighted by molar-refractivity contribution is 0.0950. The molecule has 1 saturated heterocycles. The van der Waals surface area contributed by atoms with E-state index in [1.165, 1.54) is 12.1 Å². The quantitative estimate of drug-likeness (QED) is 0.367. The fourth-order valence-corrected chi connectivity index (χ4v) is 4.55. The number of nitrogen functional groups attached to an aromatic ring is 1. The van der Waals surface area contributed by atoms with Crippen LogP contribution >= 0.6 is 0 Å². The predicted molar refractivity (Wildman–Crippen MR) is 135 cm³/mol. The first-order valence-corrected chi connectivity index (χ1v) is 11.8. The SMILES string of the molecule is Cn1ncc2c(-c3ccn4nc(N)nc4c3)cc(C(=O)NCc3cc(F)ccc3OC3CCOC3)cc21. The number of hydrogen-bond donors (Lipinski definition) is 2. The standard InChI is InChI=1S/C26H24FN7O3/c1-33-22-10-16(9-20(21(22)13-30-33)15-4-6-34-24(11-15)31-26(28)32-34)25(35)29-12-17-8-18(27)2-3-23(17)37-19-5-7-36-14-19/h2-4,6,8-11,13,19H,5,7,12,14H2,1H3,(H2,28,32)(H,29,35). The molecule has 4 heterocycles. The highest BCUT2D eigenvalue weighted by Gasteiger charge is 2.20. The molecule has 0 radical (unpaired) electrons. The highest BCUT2D eigenvalue weighted by molar-refractivity contribution is 6.03. The first-order chi connectivity index (χ1) is 17.9. The summed E-state index contributed by atoms with van der Waals surface area (Å²) in [6.45, 7) is 1.22. The fraction of sp³-hybridized carbons (Fsp3) is 0.231. The molecule has 3 aromatic heterocycles. The van der Waals surface area contributed by atoms with Crippen LogP contribution in [0.4, 0.5) is 10.3 Å². The maximum Gasteiger partial charge on any atom is 0.251 e. The van der Waals surface area contributed by atoms with Crippen LogP contribution in [-0.2, 0) is 18.3 Å². The zero-order chi connectivity index (χ0) is 25.5. The molecule has 1 aliphatic rings. The Morgan fingerprint density at radius 1 is 1.27 bits per heavy atom. The number of hydrogen-bond acceptors (Lipinski definition) is 7. The van der Waals surface area contributed by atoms with Crippen molar-refractivity contribution in [2.75, 3.05) is 18.9 Å². The minimum atomic E-state index is -0.401. The van der Waals surface area contributed by atoms with E-state index in [1.807, 2.05) is 25.2 Å². The van der Waals surface area contributed by atoms with Gasteiger partial charge in [0.15, 0.2) is 5.65 Å². The molecule has 0 saturated carbocycles. The molecule has 37 heavy (non-hydrogen) atoms. The highest BCUT2D eigenvalue weighted by atomic mass is 19.1. The molecule has 1 fully saturated rings. The van der Waals surface area contributed by atoms with E-state index < -0.39 is 5.82 Å². The molecular weight excluding hydrogens is 477 g/mol. The van der Waals surface area contributed by atoms with Gasteiger partial charge < -0.3 is 20.5 Å². The molecule has 0 spiro atoms. The molecule has 1 aliphatic heterocycles. The Labute approximate surface area is 210 Å². The van der Waals surface area contributed by atoms with Gasteiger partial charge in [-0.25, -0.2) is 8.91 Å². The molecule has 0 aliphatic carbocycles. The molecule has 10 nitrogen and oxygen atoms in total. The van der Waals surface area contributed by atoms with Crippen molar-refractivity contribution in [2.45, 2.75) is 19.1 Å². The lowest BCUT2D eigenvalue weighted by Gasteiger charge is -2.16. The van der Waals surface area contributed by atoms with Gasteiger partial charge in [0, 0.05) is 42.7 Å². The second kappa shape index (κ2) is 9.17. The van der Waals surface area contributed by atoms with Gasteiger partial charge in [0.05, 0.1) is 24.9 Å². The number of rotatable bonds is 6. The Morgan fingerprint density at radius 3 is 3.00 bits per heavy atom. The number of aryl methyl sites for hydroxylation is 1. The summed E-state index contributed by atoms with van der Waals surface area (Å²) >= 11 is 0. The van der Waals surface area contributed by atoms with Crippen molar-refractivity contribution >= 4 is 28.4 Å². The summed E-state index contributed by atoms with van der Waals surface area (Å²) in [5.41, 5.74) is 9.77. The van der Waals surface area contributed by atoms with Gasteiger partial charge in [0.25, 0.3) is 5.91 Å². The predicted octanol–water partition coefficient (Wildman–Crippen LogP) is 3.10. The summed E-state index contributed by atoms with van der Waals surface area (Å²) in [4.78, 5) is 17.5. The molecule has 1 unspecified atom stereocenters. The summed E-state index contributed by atoms with van der Waals surface area (Å²) in [5, 5.41) is 12.3. The molecule has 188 valence electrons. The third-order valence-corrected chi connectivity index (χ3v) is 6.44. The molecular formula is C26H24FN7O3. The molecule has 2 aromatic carbocycles. The van der Waals surface area contributed by atoms with Gasteiger partial charge in [-0.15, -0.1) is 5.10 Å². The second-order valence-corrected chi connectivity index (χ2v) is 8.95. The number of pyridine rings is 1. The molecule has 0 bridgehead atoms. The van der Waals surface area contributed by atoms with Crippen LogP contribution in [-0.4, -0.2) is 49.6 Å². The Kier molecular flexibility index (Phi) is 5.68. The average Bonchev–Trinajstić information content (AvgIpc) is 3.63. The van der Waals surface area contributed by atoms with Crippen LogP contribution in [0.1, 0.15) is 22.3 Å². The maximum absolute atomic E-state index is 14.0. The van der Waals surface area contributed by atoms with Crippen molar-refractivity contribution in [1.29, 1.82) is 0 Å². The lowest BCUT2D eigenvalue weighted by atomic mass is 9.99. The molecule has 11 heteroatoms. The van der Waals surface area contributed by atoms with Crippen molar-refractivity contribution in [1.82, 2.24) is 29.7 Å². The summed E-state index contributed by atoms with van der Waals surface area (Å²) in [7, 11) is 1.82. The van der Waals surface area contributed by atoms with Crippen LogP contribution in [0.5, 0.6) is 5.75 Å². The smallest absolute Gasteiger partial charge is 0.251 e. The third kappa shape index (κ3) is 4.45. The Bertz CT molecular complexity index is 1640. The summed E-state index contributed by atoms with van der Waals surface area (Å²) in [5.74, 6) is -0.00208. The normalized spacial score (nSPS) is 15.5. The molecule has 1 amide bonds. The topological polar surface area (TPSA) is 122 Å². The number of nitrogens with zero attached hydrogens (tertiary/aromatic N) is 5. The minimum Gasteiger partial charge on any atom is -0.488 e. The van der Waals surface area contributed by atoms with Crippen molar-refractivity contribution in [3.63, 3.8) is 0 Å². The highest BCUT2D eigenvalue weighted by Crippen LogP contribution is 2.31. The van der Waals surface area contributed by atoms with Crippen molar-refractivity contribution in [2.24, 2.45) is 7.05 Å². The number of ether oxygens (including phenoxy) is 2. The van der Waals surface area contributed by atoms with Crippen LogP contribution in [0.15, 0.2) is 54.9 Å². The van der Waals surface area contributed by atoms with Crippen LogP contribution in [0, 0.1) is 5.82 Å². The molecule has 3 N–H and O–H groups in total. The number of halogens is 1. The van der Waals surface area contributed by atoms with E-state index in [1.54, 1.807) is 33.7 Å². The number of amides is 1. The van der Waals surface area contributed by atoms with E-state index >= 15 is 0 Å². The Morgan fingerprint density at radius 2 is 2.16 bits per heavy atom. The van der Waals surface area contributed by atoms with E-state index in [0.717, 1.165) is 28.5 Å². The number of anilines is 1. The zero-order valence-electron chi connectivity index (χ0n) is 20.0. The van der Waals surface area contributed by atoms with Crippen LogP contribution in [0.2, 0.25) is 0 Å². The van der Waals surface area contributed by atoms with Gasteiger partial charge in [-0.1, -0.05) is 0 Å². The molecule has 5 aromatic rings. The summed E-state index contributed by atoms with van der Waals surface area (Å²) in [6, 6.07) is 11.6. The number of nitrogens with one attached hydrogen (secondary N) is 1. The maximum atomic E-state index is 14.0. The number of fused-ring (bicyclic) bond motifs is 2. The van der Waals surface area contributed by atoms with Gasteiger partial charge >= 0.3 is 0 Å². The fourth-order valence-electron chi connectivity index (χ4n) is 4.55. The summed E-state index contributed by atoms with van der Waals surface area (Å²) in [6.07, 6.45) is 4.21. The largest absolute Gasteiger partial charge is 0.488 e. The zero-order valence-corrected chi connectivity index (χ0v) is 20.0. The minimum absolute atomic E-state index is 0.0901. The van der Waals surface area contributed by atoms with Gasteiger partial charge in [-0.05, 0) is 53.6 Å². The van der Waals surface area contributed by atoms with Gasteiger partial charge in [-0.3, -0.25) is 9.48 Å². The van der Waals surface area contributed by atoms with Crippen LogP contribution in [0.25, 0.3) is 27.7 Å². The monoisotopic (exact) mass is 501 g/mol. The van der Waals surface area contributed by atoms with Crippen LogP contribution < -0.4 is 15.8 Å². The number of aromatic nitrogens is 5. The van der Waals surface area contributed by atoms with Gasteiger partial charge in [0.2, 0.25) is 5.95 Å². The molecule has 1 atom stereocenters. The molecule has 6 rings (SSSR count). The van der Waals surface area contributed by atoms with Crippen molar-refractivity contribution < 1.29 is 18.7 Å². The number of benzene rings is 2. The second-order valence-electron chi connectivity index (χ2n) is 8.95. The van der Waals surface area contributed by atoms with Gasteiger partial charge in [0.1, 0.15) is 17.7 Å². The Balaban J connectivity index is 1.31. The van der Waals surface area contributed by atoms with Gasteiger partial charge in [-0.2, -0.15) is 10.1 Å². The first-order valence-electron chi connectivity index (χ1n) is 11.8. The van der Waals surface area contributed by atoms with Crippen LogP contribution in [0.3, 0.4) is 0 Å². The summed E-state index contributed by atoms with van der Waals surface area (Å²) < 4.78 is 28.7. The number of nitrogens with two attached hydrogens (primary N) is 1. The van der Waals surface area contributed by atoms with E-state index in [-0.39, 0.29) is 24.5 Å². The van der Waals surface area contributed by atoms with Crippen molar-refractivity contribution in [3.8, 4) is 16.9 Å². The first kappa shape index (κ1) is 22.9. The number of carbonyl (C=O) groups excluding carboxylic acids is 1. The lowest BCUT2D eigenvalue weighted by Crippen LogP contribution is -2.24. The number of carbonyl (C=O) groups is 1. The Hall–Kier alpha value is -4.51. The van der Waals surface area contributed by atoms with E-state index in [4.69, 9.17) is 15.2 Å². The van der Waals surface area contributed by atoms with Crippen molar-refractivity contribution in [3.05, 3.63) is 71.8 Å². The van der Waals surface area contributed by atoms with E-state index in [2.05, 4.69) is 20.5 Å². The third-order valence-electron chi connectivity index (χ3n) is 6.44. The average molecular weight is 502 g/mol. The van der Waals surface area contributed by atoms with E-state index in [9.17, 15) is 9.18 Å².